The minimum absolute atomic E-state index is 0.219. The summed E-state index contributed by atoms with van der Waals surface area (Å²) in [5.41, 5.74) is 5.88. The summed E-state index contributed by atoms with van der Waals surface area (Å²) in [6.07, 6.45) is 1.50. The van der Waals surface area contributed by atoms with Gasteiger partial charge in [0.1, 0.15) is 0 Å². The van der Waals surface area contributed by atoms with Gasteiger partial charge in [-0.2, -0.15) is 0 Å². The fraction of sp³-hybridized carbons (Fsp3) is 1.00. The summed E-state index contributed by atoms with van der Waals surface area (Å²) in [5, 5.41) is 0. The van der Waals surface area contributed by atoms with Crippen molar-refractivity contribution in [1.82, 2.24) is 4.90 Å². The zero-order valence-corrected chi connectivity index (χ0v) is 12.8. The summed E-state index contributed by atoms with van der Waals surface area (Å²) >= 11 is 0. The van der Waals surface area contributed by atoms with E-state index in [0.29, 0.717) is 13.2 Å². The molecule has 0 rings (SSSR count). The van der Waals surface area contributed by atoms with Crippen LogP contribution >= 0.6 is 0 Å². The van der Waals surface area contributed by atoms with E-state index < -0.39 is 0 Å². The molecular formula is C13H30N2O4. The second-order valence-electron chi connectivity index (χ2n) is 4.40. The van der Waals surface area contributed by atoms with Crippen LogP contribution in [0.1, 0.15) is 12.8 Å². The maximum absolute atomic E-state index is 5.88. The van der Waals surface area contributed by atoms with Crippen LogP contribution in [-0.4, -0.2) is 78.5 Å². The molecule has 6 nitrogen and oxygen atoms in total. The average molecular weight is 278 g/mol. The summed E-state index contributed by atoms with van der Waals surface area (Å²) < 4.78 is 20.8. The largest absolute Gasteiger partial charge is 0.385 e. The van der Waals surface area contributed by atoms with Crippen molar-refractivity contribution in [3.8, 4) is 0 Å². The fourth-order valence-corrected chi connectivity index (χ4v) is 2.00. The van der Waals surface area contributed by atoms with Crippen LogP contribution in [0.4, 0.5) is 0 Å². The van der Waals surface area contributed by atoms with E-state index in [-0.39, 0.29) is 12.3 Å². The Morgan fingerprint density at radius 1 is 0.947 bits per heavy atom. The van der Waals surface area contributed by atoms with Crippen molar-refractivity contribution in [2.45, 2.75) is 25.2 Å². The minimum atomic E-state index is -0.221. The molecule has 19 heavy (non-hydrogen) atoms. The van der Waals surface area contributed by atoms with Gasteiger partial charge >= 0.3 is 0 Å². The highest BCUT2D eigenvalue weighted by Gasteiger charge is 2.21. The van der Waals surface area contributed by atoms with E-state index in [2.05, 4.69) is 4.90 Å². The van der Waals surface area contributed by atoms with Gasteiger partial charge in [-0.3, -0.25) is 4.90 Å². The number of ether oxygens (including phenoxy) is 4. The van der Waals surface area contributed by atoms with Gasteiger partial charge in [-0.05, 0) is 6.42 Å². The number of hydrogen-bond acceptors (Lipinski definition) is 6. The molecule has 0 heterocycles. The lowest BCUT2D eigenvalue weighted by Gasteiger charge is -2.32. The zero-order valence-electron chi connectivity index (χ0n) is 12.8. The van der Waals surface area contributed by atoms with E-state index in [1.165, 1.54) is 0 Å². The minimum Gasteiger partial charge on any atom is -0.385 e. The number of hydrogen-bond donors (Lipinski definition) is 1. The van der Waals surface area contributed by atoms with Gasteiger partial charge in [0.2, 0.25) is 0 Å². The molecule has 0 aliphatic rings. The van der Waals surface area contributed by atoms with Gasteiger partial charge in [0.05, 0.1) is 6.61 Å². The summed E-state index contributed by atoms with van der Waals surface area (Å²) in [6, 6.07) is 0.219. The quantitative estimate of drug-likeness (QED) is 0.386. The highest BCUT2D eigenvalue weighted by molar-refractivity contribution is 4.74. The Morgan fingerprint density at radius 3 is 2.05 bits per heavy atom. The topological polar surface area (TPSA) is 66.2 Å². The second-order valence-corrected chi connectivity index (χ2v) is 4.40. The molecule has 0 aromatic carbocycles. The van der Waals surface area contributed by atoms with Gasteiger partial charge in [-0.1, -0.05) is 0 Å². The first-order valence-electron chi connectivity index (χ1n) is 6.71. The molecule has 6 heteroatoms. The molecule has 0 radical (unpaired) electrons. The smallest absolute Gasteiger partial charge is 0.158 e. The first-order valence-corrected chi connectivity index (χ1v) is 6.71. The Bertz CT molecular complexity index is 191. The predicted molar refractivity (Wildman–Crippen MR) is 75.2 cm³/mol. The van der Waals surface area contributed by atoms with E-state index in [0.717, 1.165) is 32.5 Å². The molecule has 1 unspecified atom stereocenters. The van der Waals surface area contributed by atoms with E-state index >= 15 is 0 Å². The number of nitrogens with zero attached hydrogens (tertiary/aromatic N) is 1. The molecule has 0 saturated carbocycles. The van der Waals surface area contributed by atoms with Crippen LogP contribution in [0, 0.1) is 0 Å². The van der Waals surface area contributed by atoms with Crippen molar-refractivity contribution in [1.29, 1.82) is 0 Å². The van der Waals surface area contributed by atoms with Gasteiger partial charge in [0, 0.05) is 67.1 Å². The van der Waals surface area contributed by atoms with Crippen LogP contribution in [0.2, 0.25) is 0 Å². The van der Waals surface area contributed by atoms with E-state index in [1.54, 1.807) is 28.4 Å². The lowest BCUT2D eigenvalue weighted by Crippen LogP contribution is -2.45. The third-order valence-corrected chi connectivity index (χ3v) is 3.16. The molecule has 0 aromatic rings. The lowest BCUT2D eigenvalue weighted by atomic mass is 10.1. The normalized spacial score (nSPS) is 13.4. The fourth-order valence-electron chi connectivity index (χ4n) is 2.00. The molecule has 0 aliphatic heterocycles. The monoisotopic (exact) mass is 278 g/mol. The van der Waals surface area contributed by atoms with Crippen LogP contribution in [0.15, 0.2) is 0 Å². The van der Waals surface area contributed by atoms with Crippen LogP contribution in [0.3, 0.4) is 0 Å². The van der Waals surface area contributed by atoms with Crippen molar-refractivity contribution < 1.29 is 18.9 Å². The molecular weight excluding hydrogens is 248 g/mol. The summed E-state index contributed by atoms with van der Waals surface area (Å²) in [7, 11) is 6.71. The van der Waals surface area contributed by atoms with Crippen molar-refractivity contribution in [3.05, 3.63) is 0 Å². The van der Waals surface area contributed by atoms with Crippen molar-refractivity contribution >= 4 is 0 Å². The molecule has 0 aliphatic carbocycles. The lowest BCUT2D eigenvalue weighted by molar-refractivity contribution is -0.117. The number of methoxy groups -OCH3 is 4. The summed E-state index contributed by atoms with van der Waals surface area (Å²) in [5.74, 6) is 0. The maximum atomic E-state index is 5.88. The summed E-state index contributed by atoms with van der Waals surface area (Å²) in [6.45, 7) is 3.79. The molecule has 2 N–H and O–H groups in total. The van der Waals surface area contributed by atoms with Crippen LogP contribution in [-0.2, 0) is 18.9 Å². The van der Waals surface area contributed by atoms with Gasteiger partial charge in [0.15, 0.2) is 6.29 Å². The first-order chi connectivity index (χ1) is 9.23. The van der Waals surface area contributed by atoms with Crippen LogP contribution < -0.4 is 5.73 Å². The maximum Gasteiger partial charge on any atom is 0.158 e. The first kappa shape index (κ1) is 18.8. The van der Waals surface area contributed by atoms with Crippen molar-refractivity contribution in [2.24, 2.45) is 5.73 Å². The van der Waals surface area contributed by atoms with Crippen LogP contribution in [0.5, 0.6) is 0 Å². The number of nitrogens with two attached hydrogens (primary N) is 1. The Labute approximate surface area is 117 Å². The standard InChI is InChI=1S/C13H30N2O4/c1-16-8-5-6-15(7-9-17-2)12(11-14)10-13(18-3)19-4/h12-13H,5-11,14H2,1-4H3. The second kappa shape index (κ2) is 12.8. The van der Waals surface area contributed by atoms with Crippen molar-refractivity contribution in [2.75, 3.05) is 61.3 Å². The van der Waals surface area contributed by atoms with Gasteiger partial charge in [-0.25, -0.2) is 0 Å². The molecule has 0 fully saturated rings. The highest BCUT2D eigenvalue weighted by atomic mass is 16.7. The van der Waals surface area contributed by atoms with Gasteiger partial charge in [-0.15, -0.1) is 0 Å². The predicted octanol–water partition coefficient (Wildman–Crippen LogP) is 0.308. The SMILES string of the molecule is COCCCN(CCOC)C(CN)CC(OC)OC. The Balaban J connectivity index is 4.37. The molecule has 0 aromatic heterocycles. The van der Waals surface area contributed by atoms with E-state index in [9.17, 15) is 0 Å². The zero-order chi connectivity index (χ0) is 14.5. The van der Waals surface area contributed by atoms with Gasteiger partial charge < -0.3 is 24.7 Å². The molecule has 0 bridgehead atoms. The van der Waals surface area contributed by atoms with Gasteiger partial charge in [0.25, 0.3) is 0 Å². The Hall–Kier alpha value is -0.240. The molecule has 116 valence electrons. The highest BCUT2D eigenvalue weighted by Crippen LogP contribution is 2.10. The molecule has 0 saturated heterocycles. The average Bonchev–Trinajstić information content (AvgIpc) is 2.45. The molecule has 0 spiro atoms. The summed E-state index contributed by atoms with van der Waals surface area (Å²) in [4.78, 5) is 2.31. The van der Waals surface area contributed by atoms with Crippen molar-refractivity contribution in [3.63, 3.8) is 0 Å². The molecule has 1 atom stereocenters. The van der Waals surface area contributed by atoms with E-state index in [1.807, 2.05) is 0 Å². The third kappa shape index (κ3) is 8.52. The van der Waals surface area contributed by atoms with E-state index in [4.69, 9.17) is 24.7 Å². The number of rotatable bonds is 13. The Morgan fingerprint density at radius 2 is 1.58 bits per heavy atom. The third-order valence-electron chi connectivity index (χ3n) is 3.16. The molecule has 0 amide bonds. The Kier molecular flexibility index (Phi) is 12.6. The van der Waals surface area contributed by atoms with Crippen LogP contribution in [0.25, 0.3) is 0 Å².